The van der Waals surface area contributed by atoms with E-state index in [1.54, 1.807) is 11.3 Å². The second kappa shape index (κ2) is 5.38. The number of hydrogen-bond donors (Lipinski definition) is 2. The molecule has 0 spiro atoms. The van der Waals surface area contributed by atoms with Gasteiger partial charge in [-0.15, -0.1) is 11.3 Å². The van der Waals surface area contributed by atoms with E-state index in [2.05, 4.69) is 20.5 Å². The van der Waals surface area contributed by atoms with E-state index in [-0.39, 0.29) is 0 Å². The number of furan rings is 1. The Labute approximate surface area is 114 Å². The summed E-state index contributed by atoms with van der Waals surface area (Å²) in [5.41, 5.74) is 2.02. The van der Waals surface area contributed by atoms with E-state index in [0.29, 0.717) is 0 Å². The maximum Gasteiger partial charge on any atom is 0.152 e. The summed E-state index contributed by atoms with van der Waals surface area (Å²) in [5, 5.41) is 13.5. The van der Waals surface area contributed by atoms with Crippen LogP contribution in [0.3, 0.4) is 0 Å². The Balaban J connectivity index is 1.67. The molecule has 6 heteroatoms. The maximum atomic E-state index is 5.61. The lowest BCUT2D eigenvalue weighted by molar-refractivity contribution is 0.545. The van der Waals surface area contributed by atoms with Gasteiger partial charge in [0.15, 0.2) is 5.76 Å². The molecule has 0 saturated heterocycles. The van der Waals surface area contributed by atoms with Crippen molar-refractivity contribution in [1.29, 1.82) is 0 Å². The van der Waals surface area contributed by atoms with Gasteiger partial charge in [-0.25, -0.2) is 4.98 Å². The Morgan fingerprint density at radius 1 is 1.37 bits per heavy atom. The van der Waals surface area contributed by atoms with Crippen LogP contribution in [0.4, 0.5) is 0 Å². The minimum Gasteiger partial charge on any atom is -0.460 e. The van der Waals surface area contributed by atoms with E-state index in [4.69, 9.17) is 4.42 Å². The van der Waals surface area contributed by atoms with Gasteiger partial charge >= 0.3 is 0 Å². The molecule has 0 unspecified atom stereocenters. The number of aromatic nitrogens is 3. The Morgan fingerprint density at radius 2 is 2.32 bits per heavy atom. The number of rotatable bonds is 5. The van der Waals surface area contributed by atoms with Crippen LogP contribution in [0.2, 0.25) is 0 Å². The van der Waals surface area contributed by atoms with Crippen LogP contribution in [-0.4, -0.2) is 15.2 Å². The summed E-state index contributed by atoms with van der Waals surface area (Å²) >= 11 is 1.65. The zero-order valence-electron chi connectivity index (χ0n) is 10.5. The Hall–Kier alpha value is -1.92. The summed E-state index contributed by atoms with van der Waals surface area (Å²) in [6.45, 7) is 3.42. The van der Waals surface area contributed by atoms with E-state index in [1.807, 2.05) is 36.8 Å². The van der Waals surface area contributed by atoms with Crippen molar-refractivity contribution in [3.05, 3.63) is 46.2 Å². The summed E-state index contributed by atoms with van der Waals surface area (Å²) in [5.74, 6) is 1.72. The van der Waals surface area contributed by atoms with Crippen LogP contribution in [0.25, 0.3) is 11.5 Å². The van der Waals surface area contributed by atoms with Crippen LogP contribution in [0.5, 0.6) is 0 Å². The molecular formula is C13H14N4OS. The SMILES string of the molecule is Cc1ccc(-c2[nH]ncc2CNCc2nccs2)o1. The van der Waals surface area contributed by atoms with E-state index < -0.39 is 0 Å². The minimum atomic E-state index is 0.727. The average molecular weight is 274 g/mol. The molecular weight excluding hydrogens is 260 g/mol. The maximum absolute atomic E-state index is 5.61. The highest BCUT2D eigenvalue weighted by Gasteiger charge is 2.10. The van der Waals surface area contributed by atoms with Crippen molar-refractivity contribution in [2.24, 2.45) is 0 Å². The molecule has 2 N–H and O–H groups in total. The third-order valence-corrected chi connectivity index (χ3v) is 3.56. The predicted molar refractivity (Wildman–Crippen MR) is 73.7 cm³/mol. The predicted octanol–water partition coefficient (Wildman–Crippen LogP) is 2.72. The van der Waals surface area contributed by atoms with Gasteiger partial charge in [0, 0.05) is 30.2 Å². The van der Waals surface area contributed by atoms with Crippen LogP contribution in [-0.2, 0) is 13.1 Å². The van der Waals surface area contributed by atoms with Gasteiger partial charge in [0.2, 0.25) is 0 Å². The third kappa shape index (κ3) is 2.74. The molecule has 19 heavy (non-hydrogen) atoms. The van der Waals surface area contributed by atoms with Gasteiger partial charge in [-0.1, -0.05) is 0 Å². The monoisotopic (exact) mass is 274 g/mol. The fourth-order valence-electron chi connectivity index (χ4n) is 1.87. The number of nitrogens with zero attached hydrogens (tertiary/aromatic N) is 2. The fourth-order valence-corrected chi connectivity index (χ4v) is 2.46. The molecule has 3 heterocycles. The summed E-state index contributed by atoms with van der Waals surface area (Å²) < 4.78 is 5.61. The highest BCUT2D eigenvalue weighted by atomic mass is 32.1. The van der Waals surface area contributed by atoms with Gasteiger partial charge in [-0.2, -0.15) is 5.10 Å². The van der Waals surface area contributed by atoms with Gasteiger partial charge < -0.3 is 9.73 Å². The minimum absolute atomic E-state index is 0.727. The van der Waals surface area contributed by atoms with Gasteiger partial charge in [0.05, 0.1) is 6.20 Å². The first-order valence-electron chi connectivity index (χ1n) is 6.01. The Kier molecular flexibility index (Phi) is 3.43. The van der Waals surface area contributed by atoms with E-state index in [1.165, 1.54) is 0 Å². The molecule has 3 aromatic rings. The molecule has 98 valence electrons. The smallest absolute Gasteiger partial charge is 0.152 e. The standard InChI is InChI=1S/C13H14N4OS/c1-9-2-3-11(18-9)13-10(7-16-17-13)6-14-8-12-15-4-5-19-12/h2-5,7,14H,6,8H2,1H3,(H,16,17). The number of hydrogen-bond acceptors (Lipinski definition) is 5. The molecule has 0 radical (unpaired) electrons. The number of thiazole rings is 1. The lowest BCUT2D eigenvalue weighted by atomic mass is 10.2. The normalized spacial score (nSPS) is 11.0. The number of nitrogens with one attached hydrogen (secondary N) is 2. The highest BCUT2D eigenvalue weighted by molar-refractivity contribution is 7.09. The van der Waals surface area contributed by atoms with Gasteiger partial charge in [0.25, 0.3) is 0 Å². The summed E-state index contributed by atoms with van der Waals surface area (Å²) in [4.78, 5) is 4.23. The average Bonchev–Trinajstić information content (AvgIpc) is 3.10. The highest BCUT2D eigenvalue weighted by Crippen LogP contribution is 2.23. The third-order valence-electron chi connectivity index (χ3n) is 2.78. The number of aryl methyl sites for hydroxylation is 1. The summed E-state index contributed by atoms with van der Waals surface area (Å²) in [6, 6.07) is 3.90. The second-order valence-electron chi connectivity index (χ2n) is 4.21. The second-order valence-corrected chi connectivity index (χ2v) is 5.19. The molecule has 0 aromatic carbocycles. The first-order valence-corrected chi connectivity index (χ1v) is 6.89. The summed E-state index contributed by atoms with van der Waals surface area (Å²) in [7, 11) is 0. The first-order chi connectivity index (χ1) is 9.33. The molecule has 0 amide bonds. The topological polar surface area (TPSA) is 66.7 Å². The van der Waals surface area contributed by atoms with Crippen molar-refractivity contribution in [1.82, 2.24) is 20.5 Å². The van der Waals surface area contributed by atoms with Crippen molar-refractivity contribution in [3.63, 3.8) is 0 Å². The number of aromatic amines is 1. The zero-order chi connectivity index (χ0) is 13.1. The molecule has 3 rings (SSSR count). The molecule has 0 aliphatic rings. The molecule has 0 saturated carbocycles. The van der Waals surface area contributed by atoms with E-state index in [9.17, 15) is 0 Å². The fraction of sp³-hybridized carbons (Fsp3) is 0.231. The van der Waals surface area contributed by atoms with Crippen molar-refractivity contribution in [2.75, 3.05) is 0 Å². The van der Waals surface area contributed by atoms with Crippen molar-refractivity contribution in [2.45, 2.75) is 20.0 Å². The van der Waals surface area contributed by atoms with Gasteiger partial charge in [-0.3, -0.25) is 5.10 Å². The van der Waals surface area contributed by atoms with Crippen LogP contribution < -0.4 is 5.32 Å². The zero-order valence-corrected chi connectivity index (χ0v) is 11.3. The molecule has 0 atom stereocenters. The van der Waals surface area contributed by atoms with Crippen LogP contribution >= 0.6 is 11.3 Å². The molecule has 3 aromatic heterocycles. The van der Waals surface area contributed by atoms with Crippen molar-refractivity contribution in [3.8, 4) is 11.5 Å². The van der Waals surface area contributed by atoms with Crippen molar-refractivity contribution >= 4 is 11.3 Å². The largest absolute Gasteiger partial charge is 0.460 e. The van der Waals surface area contributed by atoms with Crippen LogP contribution in [0, 0.1) is 6.92 Å². The van der Waals surface area contributed by atoms with E-state index >= 15 is 0 Å². The van der Waals surface area contributed by atoms with Gasteiger partial charge in [-0.05, 0) is 19.1 Å². The van der Waals surface area contributed by atoms with Crippen molar-refractivity contribution < 1.29 is 4.42 Å². The molecule has 0 aliphatic carbocycles. The molecule has 0 bridgehead atoms. The quantitative estimate of drug-likeness (QED) is 0.750. The van der Waals surface area contributed by atoms with Crippen LogP contribution in [0.15, 0.2) is 34.3 Å². The first kappa shape index (κ1) is 12.1. The van der Waals surface area contributed by atoms with Gasteiger partial charge in [0.1, 0.15) is 16.5 Å². The van der Waals surface area contributed by atoms with Crippen LogP contribution in [0.1, 0.15) is 16.3 Å². The van der Waals surface area contributed by atoms with E-state index in [0.717, 1.165) is 40.9 Å². The Bertz CT molecular complexity index is 641. The number of H-pyrrole nitrogens is 1. The molecule has 0 fully saturated rings. The lowest BCUT2D eigenvalue weighted by Gasteiger charge is -2.02. The lowest BCUT2D eigenvalue weighted by Crippen LogP contribution is -2.12. The summed E-state index contributed by atoms with van der Waals surface area (Å²) in [6.07, 6.45) is 3.64. The molecule has 5 nitrogen and oxygen atoms in total. The molecule has 0 aliphatic heterocycles. The Morgan fingerprint density at radius 3 is 3.05 bits per heavy atom.